The SMILES string of the molecule is C/C=C/C=C/C(=O)OCC(=O)NCC(=O)NC. The van der Waals surface area contributed by atoms with Crippen LogP contribution in [0.3, 0.4) is 0 Å². The van der Waals surface area contributed by atoms with Crippen LogP contribution in [0.15, 0.2) is 24.3 Å². The predicted octanol–water partition coefficient (Wildman–Crippen LogP) is -0.476. The molecule has 0 rings (SSSR count). The van der Waals surface area contributed by atoms with Crippen molar-refractivity contribution in [1.82, 2.24) is 10.6 Å². The quantitative estimate of drug-likeness (QED) is 0.373. The van der Waals surface area contributed by atoms with Crippen LogP contribution in [0.25, 0.3) is 0 Å². The molecule has 0 heterocycles. The van der Waals surface area contributed by atoms with Crippen molar-refractivity contribution < 1.29 is 19.1 Å². The number of likely N-dealkylation sites (N-methyl/N-ethyl adjacent to an activating group) is 1. The van der Waals surface area contributed by atoms with Crippen molar-refractivity contribution in [1.29, 1.82) is 0 Å². The van der Waals surface area contributed by atoms with E-state index in [1.54, 1.807) is 12.2 Å². The lowest BCUT2D eigenvalue weighted by Crippen LogP contribution is -2.37. The lowest BCUT2D eigenvalue weighted by Gasteiger charge is -2.03. The van der Waals surface area contributed by atoms with Gasteiger partial charge < -0.3 is 15.4 Å². The van der Waals surface area contributed by atoms with Crippen LogP contribution in [0.4, 0.5) is 0 Å². The van der Waals surface area contributed by atoms with Crippen LogP contribution in [0.5, 0.6) is 0 Å². The second-order valence-electron chi connectivity index (χ2n) is 2.94. The standard InChI is InChI=1S/C11H16N2O4/c1-3-4-5-6-11(16)17-8-10(15)13-7-9(14)12-2/h3-6H,7-8H2,1-2H3,(H,12,14)(H,13,15)/b4-3+,6-5+. The van der Waals surface area contributed by atoms with Gasteiger partial charge in [-0.05, 0) is 6.92 Å². The first-order valence-electron chi connectivity index (χ1n) is 5.03. The van der Waals surface area contributed by atoms with Crippen molar-refractivity contribution in [3.05, 3.63) is 24.3 Å². The number of ether oxygens (including phenoxy) is 1. The normalized spacial score (nSPS) is 10.5. The molecule has 0 saturated carbocycles. The van der Waals surface area contributed by atoms with Crippen LogP contribution in [-0.4, -0.2) is 38.0 Å². The minimum Gasteiger partial charge on any atom is -0.452 e. The van der Waals surface area contributed by atoms with Gasteiger partial charge in [0.1, 0.15) is 0 Å². The van der Waals surface area contributed by atoms with Crippen molar-refractivity contribution >= 4 is 17.8 Å². The number of rotatable bonds is 6. The van der Waals surface area contributed by atoms with E-state index >= 15 is 0 Å². The van der Waals surface area contributed by atoms with Gasteiger partial charge in [0.15, 0.2) is 6.61 Å². The van der Waals surface area contributed by atoms with E-state index in [-0.39, 0.29) is 12.5 Å². The van der Waals surface area contributed by atoms with Crippen LogP contribution in [0, 0.1) is 0 Å². The molecule has 0 saturated heterocycles. The van der Waals surface area contributed by atoms with Gasteiger partial charge in [-0.25, -0.2) is 4.79 Å². The van der Waals surface area contributed by atoms with Crippen molar-refractivity contribution in [3.8, 4) is 0 Å². The summed E-state index contributed by atoms with van der Waals surface area (Å²) < 4.78 is 4.61. The fourth-order valence-corrected chi connectivity index (χ4v) is 0.748. The fraction of sp³-hybridized carbons (Fsp3) is 0.364. The second kappa shape index (κ2) is 9.14. The smallest absolute Gasteiger partial charge is 0.331 e. The Kier molecular flexibility index (Phi) is 8.01. The highest BCUT2D eigenvalue weighted by molar-refractivity contribution is 5.88. The van der Waals surface area contributed by atoms with Gasteiger partial charge in [-0.2, -0.15) is 0 Å². The third kappa shape index (κ3) is 8.86. The second-order valence-corrected chi connectivity index (χ2v) is 2.94. The van der Waals surface area contributed by atoms with Crippen molar-refractivity contribution in [2.45, 2.75) is 6.92 Å². The molecule has 0 bridgehead atoms. The lowest BCUT2D eigenvalue weighted by atomic mass is 10.4. The molecular weight excluding hydrogens is 224 g/mol. The number of allylic oxidation sites excluding steroid dienone is 3. The highest BCUT2D eigenvalue weighted by Gasteiger charge is 2.05. The summed E-state index contributed by atoms with van der Waals surface area (Å²) in [5.74, 6) is -1.46. The maximum atomic E-state index is 11.1. The molecule has 2 amide bonds. The van der Waals surface area contributed by atoms with Crippen LogP contribution < -0.4 is 10.6 Å². The number of nitrogens with one attached hydrogen (secondary N) is 2. The Bertz CT molecular complexity index is 334. The molecule has 0 unspecified atom stereocenters. The van der Waals surface area contributed by atoms with Crippen molar-refractivity contribution in [2.75, 3.05) is 20.2 Å². The fourth-order valence-electron chi connectivity index (χ4n) is 0.748. The number of carbonyl (C=O) groups is 3. The number of amides is 2. The summed E-state index contributed by atoms with van der Waals surface area (Å²) in [5, 5.41) is 4.63. The molecule has 0 aromatic heterocycles. The Morgan fingerprint density at radius 3 is 2.47 bits per heavy atom. The zero-order chi connectivity index (χ0) is 13.1. The van der Waals surface area contributed by atoms with Crippen LogP contribution in [0.2, 0.25) is 0 Å². The molecule has 0 aliphatic carbocycles. The molecule has 0 fully saturated rings. The summed E-state index contributed by atoms with van der Waals surface area (Å²) in [5.41, 5.74) is 0. The summed E-state index contributed by atoms with van der Waals surface area (Å²) in [6.45, 7) is 1.26. The van der Waals surface area contributed by atoms with E-state index in [2.05, 4.69) is 15.4 Å². The molecule has 2 N–H and O–H groups in total. The minimum atomic E-state index is -0.613. The zero-order valence-electron chi connectivity index (χ0n) is 9.86. The molecular formula is C11H16N2O4. The molecule has 0 aliphatic heterocycles. The molecule has 0 aromatic carbocycles. The molecule has 0 aromatic rings. The van der Waals surface area contributed by atoms with Crippen LogP contribution in [0.1, 0.15) is 6.92 Å². The van der Waals surface area contributed by atoms with E-state index in [4.69, 9.17) is 0 Å². The van der Waals surface area contributed by atoms with Gasteiger partial charge in [0.2, 0.25) is 5.91 Å². The first kappa shape index (κ1) is 14.9. The number of carbonyl (C=O) groups excluding carboxylic acids is 3. The largest absolute Gasteiger partial charge is 0.452 e. The monoisotopic (exact) mass is 240 g/mol. The van der Waals surface area contributed by atoms with Gasteiger partial charge in [-0.3, -0.25) is 9.59 Å². The molecule has 0 radical (unpaired) electrons. The van der Waals surface area contributed by atoms with Crippen LogP contribution in [-0.2, 0) is 19.1 Å². The van der Waals surface area contributed by atoms with E-state index in [1.165, 1.54) is 19.2 Å². The summed E-state index contributed by atoms with van der Waals surface area (Å²) in [6.07, 6.45) is 6.11. The van der Waals surface area contributed by atoms with Gasteiger partial charge in [-0.15, -0.1) is 0 Å². The molecule has 0 aliphatic rings. The zero-order valence-corrected chi connectivity index (χ0v) is 9.86. The molecule has 6 heteroatoms. The van der Waals surface area contributed by atoms with E-state index in [0.29, 0.717) is 0 Å². The third-order valence-electron chi connectivity index (χ3n) is 1.61. The molecule has 17 heavy (non-hydrogen) atoms. The Balaban J connectivity index is 3.76. The molecule has 0 atom stereocenters. The van der Waals surface area contributed by atoms with Crippen LogP contribution >= 0.6 is 0 Å². The summed E-state index contributed by atoms with van der Waals surface area (Å²) in [7, 11) is 1.46. The summed E-state index contributed by atoms with van der Waals surface area (Å²) in [6, 6.07) is 0. The third-order valence-corrected chi connectivity index (χ3v) is 1.61. The Labute approximate surface area is 99.7 Å². The number of esters is 1. The van der Waals surface area contributed by atoms with E-state index < -0.39 is 18.5 Å². The van der Waals surface area contributed by atoms with Gasteiger partial charge in [0, 0.05) is 13.1 Å². The minimum absolute atomic E-state index is 0.138. The van der Waals surface area contributed by atoms with Crippen molar-refractivity contribution in [2.24, 2.45) is 0 Å². The van der Waals surface area contributed by atoms with E-state index in [0.717, 1.165) is 0 Å². The Morgan fingerprint density at radius 2 is 1.88 bits per heavy atom. The predicted molar refractivity (Wildman–Crippen MR) is 62.0 cm³/mol. The summed E-state index contributed by atoms with van der Waals surface area (Å²) >= 11 is 0. The molecule has 94 valence electrons. The lowest BCUT2D eigenvalue weighted by molar-refractivity contribution is -0.144. The average molecular weight is 240 g/mol. The summed E-state index contributed by atoms with van der Waals surface area (Å²) in [4.78, 5) is 32.9. The maximum absolute atomic E-state index is 11.1. The molecule has 6 nitrogen and oxygen atoms in total. The Hall–Kier alpha value is -2.11. The van der Waals surface area contributed by atoms with Gasteiger partial charge in [-0.1, -0.05) is 18.2 Å². The first-order valence-corrected chi connectivity index (χ1v) is 5.03. The maximum Gasteiger partial charge on any atom is 0.331 e. The highest BCUT2D eigenvalue weighted by atomic mass is 16.5. The van der Waals surface area contributed by atoms with Gasteiger partial charge >= 0.3 is 5.97 Å². The number of hydrogen-bond acceptors (Lipinski definition) is 4. The molecule has 0 spiro atoms. The first-order chi connectivity index (χ1) is 8.10. The van der Waals surface area contributed by atoms with Gasteiger partial charge in [0.25, 0.3) is 5.91 Å². The van der Waals surface area contributed by atoms with E-state index in [1.807, 2.05) is 6.92 Å². The van der Waals surface area contributed by atoms with Gasteiger partial charge in [0.05, 0.1) is 6.54 Å². The number of hydrogen-bond donors (Lipinski definition) is 2. The topological polar surface area (TPSA) is 84.5 Å². The average Bonchev–Trinajstić information content (AvgIpc) is 2.33. The highest BCUT2D eigenvalue weighted by Crippen LogP contribution is 1.83. The van der Waals surface area contributed by atoms with Crippen molar-refractivity contribution in [3.63, 3.8) is 0 Å². The van der Waals surface area contributed by atoms with E-state index in [9.17, 15) is 14.4 Å². The Morgan fingerprint density at radius 1 is 1.18 bits per heavy atom.